The van der Waals surface area contributed by atoms with Crippen LogP contribution >= 0.6 is 0 Å². The van der Waals surface area contributed by atoms with Crippen molar-refractivity contribution in [2.75, 3.05) is 23.8 Å². The first-order valence-electron chi connectivity index (χ1n) is 12.7. The molecule has 9 heteroatoms. The SMILES string of the molecule is Cc1ccc(Nc2ccc(CCNCC(O)c3ccc(O)c(CO)c3)cc2)cc1[N+](O)(O)Nc1ccccc1. The number of phenols is 1. The molecule has 0 heterocycles. The molecule has 0 saturated heterocycles. The number of aliphatic hydroxyl groups excluding tert-OH is 2. The lowest BCUT2D eigenvalue weighted by Crippen LogP contribution is -2.48. The van der Waals surface area contributed by atoms with Crippen molar-refractivity contribution < 1.29 is 25.7 Å². The fourth-order valence-corrected chi connectivity index (χ4v) is 4.23. The van der Waals surface area contributed by atoms with Crippen LogP contribution in [0.15, 0.2) is 91.0 Å². The number of para-hydroxylation sites is 1. The van der Waals surface area contributed by atoms with E-state index in [1.54, 1.807) is 30.3 Å². The zero-order chi connectivity index (χ0) is 27.8. The molecule has 1 unspecified atom stereocenters. The van der Waals surface area contributed by atoms with Gasteiger partial charge in [0.05, 0.1) is 23.3 Å². The Hall–Kier alpha value is -3.96. The van der Waals surface area contributed by atoms with Gasteiger partial charge >= 0.3 is 0 Å². The van der Waals surface area contributed by atoms with Crippen molar-refractivity contribution in [3.8, 4) is 5.75 Å². The predicted octanol–water partition coefficient (Wildman–Crippen LogP) is 4.92. The third kappa shape index (κ3) is 7.55. The predicted molar refractivity (Wildman–Crippen MR) is 152 cm³/mol. The topological polar surface area (TPSA) is 137 Å². The van der Waals surface area contributed by atoms with E-state index in [0.717, 1.165) is 17.7 Å². The lowest BCUT2D eigenvalue weighted by atomic mass is 10.1. The molecule has 1 atom stereocenters. The fourth-order valence-electron chi connectivity index (χ4n) is 4.23. The second-order valence-electron chi connectivity index (χ2n) is 9.42. The van der Waals surface area contributed by atoms with E-state index in [1.807, 2.05) is 61.5 Å². The summed E-state index contributed by atoms with van der Waals surface area (Å²) in [4.78, 5) is -1.48. The van der Waals surface area contributed by atoms with Crippen LogP contribution in [0.5, 0.6) is 5.75 Å². The van der Waals surface area contributed by atoms with Gasteiger partial charge in [0.1, 0.15) is 5.75 Å². The van der Waals surface area contributed by atoms with Crippen molar-refractivity contribution in [1.29, 1.82) is 0 Å². The zero-order valence-corrected chi connectivity index (χ0v) is 21.7. The summed E-state index contributed by atoms with van der Waals surface area (Å²) < 4.78 is 0. The Morgan fingerprint density at radius 2 is 1.54 bits per heavy atom. The van der Waals surface area contributed by atoms with E-state index in [4.69, 9.17) is 0 Å². The molecule has 9 nitrogen and oxygen atoms in total. The van der Waals surface area contributed by atoms with E-state index >= 15 is 0 Å². The van der Waals surface area contributed by atoms with Crippen molar-refractivity contribution in [2.45, 2.75) is 26.1 Å². The standard InChI is InChI=1S/C30H34N4O5/c1-21-7-11-27(18-28(21)34(38,39)33-26-5-3-2-4-6-26)32-25-12-8-22(9-13-25)15-16-31-19-30(37)23-10-14-29(36)24(17-23)20-35/h2-14,17-18,30-33,35,37-39H,15-16,19-20H2,1H3/p+1. The minimum absolute atomic E-state index is 0.0105. The molecular formula is C30H35N4O5+. The van der Waals surface area contributed by atoms with E-state index in [9.17, 15) is 25.7 Å². The normalized spacial score (nSPS) is 12.2. The number of aliphatic hydroxyl groups is 2. The number of nitrogens with zero attached hydrogens (tertiary/aromatic N) is 1. The quantitative estimate of drug-likeness (QED) is 0.0733. The molecule has 0 bridgehead atoms. The van der Waals surface area contributed by atoms with Crippen LogP contribution in [0, 0.1) is 6.92 Å². The lowest BCUT2D eigenvalue weighted by Gasteiger charge is -2.23. The van der Waals surface area contributed by atoms with Crippen molar-refractivity contribution in [2.24, 2.45) is 0 Å². The summed E-state index contributed by atoms with van der Waals surface area (Å²) in [6.07, 6.45) is 0.0132. The average molecular weight is 532 g/mol. The van der Waals surface area contributed by atoms with Gasteiger partial charge in [-0.05, 0) is 73.5 Å². The molecule has 0 aromatic heterocycles. The molecule has 0 aliphatic rings. The number of aromatic hydroxyl groups is 1. The Morgan fingerprint density at radius 3 is 2.26 bits per heavy atom. The third-order valence-electron chi connectivity index (χ3n) is 6.43. The Morgan fingerprint density at radius 1 is 0.821 bits per heavy atom. The van der Waals surface area contributed by atoms with Gasteiger partial charge in [-0.25, -0.2) is 0 Å². The molecular weight excluding hydrogens is 496 g/mol. The van der Waals surface area contributed by atoms with Gasteiger partial charge in [-0.1, -0.05) is 42.5 Å². The molecule has 0 aliphatic carbocycles. The van der Waals surface area contributed by atoms with Crippen LogP contribution in [0.1, 0.15) is 28.4 Å². The Labute approximate surface area is 227 Å². The largest absolute Gasteiger partial charge is 0.508 e. The summed E-state index contributed by atoms with van der Waals surface area (Å²) in [6.45, 7) is 2.53. The van der Waals surface area contributed by atoms with Gasteiger partial charge in [-0.15, -0.1) is 10.4 Å². The smallest absolute Gasteiger partial charge is 0.232 e. The molecule has 0 spiro atoms. The number of hydrogen-bond donors (Lipinski definition) is 8. The lowest BCUT2D eigenvalue weighted by molar-refractivity contribution is -0.272. The number of aryl methyl sites for hydroxylation is 1. The van der Waals surface area contributed by atoms with Gasteiger partial charge in [0, 0.05) is 35.1 Å². The first-order chi connectivity index (χ1) is 18.7. The number of hydrogen-bond acceptors (Lipinski definition) is 8. The second kappa shape index (κ2) is 12.7. The highest BCUT2D eigenvalue weighted by Crippen LogP contribution is 2.29. The van der Waals surface area contributed by atoms with Crippen LogP contribution in [0.4, 0.5) is 22.7 Å². The van der Waals surface area contributed by atoms with Crippen molar-refractivity contribution in [3.05, 3.63) is 113 Å². The van der Waals surface area contributed by atoms with Crippen molar-refractivity contribution in [1.82, 2.24) is 10.2 Å². The van der Waals surface area contributed by atoms with E-state index in [0.29, 0.717) is 41.2 Å². The maximum atomic E-state index is 10.7. The molecule has 204 valence electrons. The highest BCUT2D eigenvalue weighted by atomic mass is 16.9. The summed E-state index contributed by atoms with van der Waals surface area (Å²) in [7, 11) is 0. The number of quaternary nitrogens is 1. The van der Waals surface area contributed by atoms with Gasteiger partial charge in [-0.2, -0.15) is 5.43 Å². The number of rotatable bonds is 12. The van der Waals surface area contributed by atoms with Gasteiger partial charge in [-0.3, -0.25) is 0 Å². The number of anilines is 3. The Balaban J connectivity index is 1.30. The van der Waals surface area contributed by atoms with E-state index < -0.39 is 11.0 Å². The van der Waals surface area contributed by atoms with Crippen LogP contribution in [0.2, 0.25) is 0 Å². The summed E-state index contributed by atoms with van der Waals surface area (Å²) in [6, 6.07) is 27.0. The van der Waals surface area contributed by atoms with Gasteiger partial charge < -0.3 is 26.0 Å². The molecule has 0 aliphatic heterocycles. The molecule has 4 aromatic rings. The van der Waals surface area contributed by atoms with Crippen LogP contribution in [-0.2, 0) is 13.0 Å². The van der Waals surface area contributed by atoms with Crippen LogP contribution < -0.4 is 21.0 Å². The first-order valence-corrected chi connectivity index (χ1v) is 12.7. The van der Waals surface area contributed by atoms with Crippen LogP contribution in [0.25, 0.3) is 0 Å². The number of nitrogens with one attached hydrogen (secondary N) is 3. The fraction of sp³-hybridized carbons (Fsp3) is 0.200. The van der Waals surface area contributed by atoms with Crippen molar-refractivity contribution >= 4 is 22.7 Å². The number of benzene rings is 4. The van der Waals surface area contributed by atoms with E-state index in [2.05, 4.69) is 16.1 Å². The first kappa shape index (κ1) is 28.1. The molecule has 8 N–H and O–H groups in total. The van der Waals surface area contributed by atoms with Gasteiger partial charge in [0.25, 0.3) is 0 Å². The molecule has 4 aromatic carbocycles. The molecule has 39 heavy (non-hydrogen) atoms. The van der Waals surface area contributed by atoms with Crippen LogP contribution in [0.3, 0.4) is 0 Å². The van der Waals surface area contributed by atoms with Gasteiger partial charge in [0.2, 0.25) is 5.69 Å². The molecule has 0 saturated carbocycles. The summed E-state index contributed by atoms with van der Waals surface area (Å²) in [5.41, 5.74) is 7.96. The minimum atomic E-state index is -1.48. The Bertz CT molecular complexity index is 1360. The second-order valence-corrected chi connectivity index (χ2v) is 9.42. The van der Waals surface area contributed by atoms with Crippen LogP contribution in [-0.4, -0.2) is 38.8 Å². The minimum Gasteiger partial charge on any atom is -0.508 e. The highest BCUT2D eigenvalue weighted by Gasteiger charge is 2.30. The zero-order valence-electron chi connectivity index (χ0n) is 21.7. The summed E-state index contributed by atoms with van der Waals surface area (Å²) in [5.74, 6) is 0.0105. The highest BCUT2D eigenvalue weighted by molar-refractivity contribution is 5.66. The van der Waals surface area contributed by atoms with E-state index in [1.165, 1.54) is 6.07 Å². The third-order valence-corrected chi connectivity index (χ3v) is 6.43. The van der Waals surface area contributed by atoms with E-state index in [-0.39, 0.29) is 18.0 Å². The molecule has 0 radical (unpaired) electrons. The summed E-state index contributed by atoms with van der Waals surface area (Å²) in [5, 5.41) is 57.3. The Kier molecular flexibility index (Phi) is 9.15. The molecule has 0 amide bonds. The van der Waals surface area contributed by atoms with Crippen molar-refractivity contribution in [3.63, 3.8) is 0 Å². The molecule has 4 rings (SSSR count). The maximum Gasteiger partial charge on any atom is 0.232 e. The monoisotopic (exact) mass is 531 g/mol. The average Bonchev–Trinajstić information content (AvgIpc) is 2.93. The molecule has 0 fully saturated rings. The summed E-state index contributed by atoms with van der Waals surface area (Å²) >= 11 is 0. The maximum absolute atomic E-state index is 10.7. The van der Waals surface area contributed by atoms with Gasteiger partial charge in [0.15, 0.2) is 0 Å².